The SMILES string of the molecule is CCCCN(CCC[N+](C)(C)C)c1cc(/C=C2\Sc3ccccc3N2C)c2ccc(OC)cc2[n+]1-c1ccccc1. The minimum atomic E-state index is 0.864. The minimum Gasteiger partial charge on any atom is -0.497 e. The third kappa shape index (κ3) is 6.55. The molecule has 0 bridgehead atoms. The number of benzene rings is 3. The smallest absolute Gasteiger partial charge is 0.282 e. The van der Waals surface area contributed by atoms with Crippen molar-refractivity contribution >= 4 is 40.2 Å². The van der Waals surface area contributed by atoms with Crippen LogP contribution >= 0.6 is 11.8 Å². The van der Waals surface area contributed by atoms with Crippen LogP contribution in [0.25, 0.3) is 22.7 Å². The highest BCUT2D eigenvalue weighted by atomic mass is 32.2. The third-order valence-corrected chi connectivity index (χ3v) is 8.86. The second-order valence-electron chi connectivity index (χ2n) is 11.8. The Morgan fingerprint density at radius 1 is 0.927 bits per heavy atom. The van der Waals surface area contributed by atoms with Crippen LogP contribution in [0.1, 0.15) is 31.7 Å². The summed E-state index contributed by atoms with van der Waals surface area (Å²) < 4.78 is 9.16. The maximum Gasteiger partial charge on any atom is 0.282 e. The van der Waals surface area contributed by atoms with Crippen molar-refractivity contribution in [3.63, 3.8) is 0 Å². The summed E-state index contributed by atoms with van der Waals surface area (Å²) in [6.45, 7) is 5.44. The van der Waals surface area contributed by atoms with Gasteiger partial charge in [0.05, 0.1) is 58.6 Å². The van der Waals surface area contributed by atoms with Gasteiger partial charge in [-0.15, -0.1) is 0 Å². The Labute approximate surface area is 250 Å². The molecule has 3 aromatic carbocycles. The van der Waals surface area contributed by atoms with Gasteiger partial charge in [0.1, 0.15) is 17.0 Å². The number of fused-ring (bicyclic) bond motifs is 2. The normalized spacial score (nSPS) is 14.1. The Morgan fingerprint density at radius 2 is 1.66 bits per heavy atom. The van der Waals surface area contributed by atoms with Gasteiger partial charge in [0, 0.05) is 35.9 Å². The number of thioether (sulfide) groups is 1. The van der Waals surface area contributed by atoms with E-state index in [2.05, 4.69) is 134 Å². The fourth-order valence-electron chi connectivity index (χ4n) is 5.48. The summed E-state index contributed by atoms with van der Waals surface area (Å²) in [6.07, 6.45) is 5.81. The Hall–Kier alpha value is -3.48. The van der Waals surface area contributed by atoms with Gasteiger partial charge in [0.2, 0.25) is 0 Å². The molecule has 5 rings (SSSR count). The summed E-state index contributed by atoms with van der Waals surface area (Å²) in [7, 11) is 10.8. The van der Waals surface area contributed by atoms with E-state index in [1.54, 1.807) is 7.11 Å². The molecular weight excluding hydrogens is 524 g/mol. The predicted molar refractivity (Wildman–Crippen MR) is 175 cm³/mol. The lowest BCUT2D eigenvalue weighted by molar-refractivity contribution is -0.870. The summed E-state index contributed by atoms with van der Waals surface area (Å²) in [4.78, 5) is 6.21. The van der Waals surface area contributed by atoms with Crippen molar-refractivity contribution < 1.29 is 13.8 Å². The summed E-state index contributed by atoms with van der Waals surface area (Å²) in [5.41, 5.74) is 4.79. The maximum atomic E-state index is 5.76. The molecule has 0 fully saturated rings. The quantitative estimate of drug-likeness (QED) is 0.139. The second kappa shape index (κ2) is 12.6. The van der Waals surface area contributed by atoms with Gasteiger partial charge in [-0.2, -0.15) is 4.57 Å². The van der Waals surface area contributed by atoms with E-state index in [1.165, 1.54) is 32.4 Å². The van der Waals surface area contributed by atoms with Crippen molar-refractivity contribution in [2.45, 2.75) is 31.1 Å². The molecule has 0 radical (unpaired) electrons. The number of para-hydroxylation sites is 2. The fourth-order valence-corrected chi connectivity index (χ4v) is 6.58. The molecule has 4 aromatic rings. The monoisotopic (exact) mass is 568 g/mol. The van der Waals surface area contributed by atoms with Crippen LogP contribution in [-0.4, -0.2) is 59.4 Å². The lowest BCUT2D eigenvalue weighted by atomic mass is 10.1. The van der Waals surface area contributed by atoms with E-state index in [1.807, 2.05) is 11.8 Å². The molecular formula is C35H44N4OS+2. The molecule has 2 heterocycles. The van der Waals surface area contributed by atoms with Crippen LogP contribution < -0.4 is 19.1 Å². The first kappa shape index (κ1) is 29.0. The molecule has 6 heteroatoms. The van der Waals surface area contributed by atoms with E-state index in [4.69, 9.17) is 4.74 Å². The molecule has 214 valence electrons. The number of quaternary nitrogens is 1. The molecule has 1 aromatic heterocycles. The zero-order valence-electron chi connectivity index (χ0n) is 25.4. The second-order valence-corrected chi connectivity index (χ2v) is 12.9. The molecule has 0 amide bonds. The highest BCUT2D eigenvalue weighted by Gasteiger charge is 2.27. The minimum absolute atomic E-state index is 0.864. The van der Waals surface area contributed by atoms with Crippen LogP contribution in [-0.2, 0) is 0 Å². The Kier molecular flexibility index (Phi) is 8.91. The van der Waals surface area contributed by atoms with Gasteiger partial charge in [-0.25, -0.2) is 0 Å². The van der Waals surface area contributed by atoms with Crippen molar-refractivity contribution in [3.05, 3.63) is 89.5 Å². The molecule has 1 aliphatic rings. The van der Waals surface area contributed by atoms with E-state index in [0.717, 1.165) is 60.3 Å². The number of methoxy groups -OCH3 is 1. The van der Waals surface area contributed by atoms with Crippen LogP contribution in [0.15, 0.2) is 88.8 Å². The summed E-state index contributed by atoms with van der Waals surface area (Å²) in [6, 6.07) is 28.3. The van der Waals surface area contributed by atoms with E-state index < -0.39 is 0 Å². The lowest BCUT2D eigenvalue weighted by Gasteiger charge is -2.26. The first-order valence-corrected chi connectivity index (χ1v) is 15.5. The molecule has 1 aliphatic heterocycles. The van der Waals surface area contributed by atoms with Crippen LogP contribution in [0.4, 0.5) is 11.5 Å². The summed E-state index contributed by atoms with van der Waals surface area (Å²) >= 11 is 1.84. The first-order valence-electron chi connectivity index (χ1n) is 14.7. The number of ether oxygens (including phenoxy) is 1. The average molecular weight is 569 g/mol. The van der Waals surface area contributed by atoms with Gasteiger partial charge in [-0.05, 0) is 54.5 Å². The number of nitrogens with zero attached hydrogens (tertiary/aromatic N) is 4. The molecule has 0 atom stereocenters. The average Bonchev–Trinajstić information content (AvgIpc) is 3.29. The number of aromatic nitrogens is 1. The molecule has 41 heavy (non-hydrogen) atoms. The van der Waals surface area contributed by atoms with E-state index in [0.29, 0.717) is 0 Å². The molecule has 5 nitrogen and oxygen atoms in total. The van der Waals surface area contributed by atoms with Crippen molar-refractivity contribution in [1.29, 1.82) is 0 Å². The number of anilines is 2. The van der Waals surface area contributed by atoms with E-state index in [9.17, 15) is 0 Å². The fraction of sp³-hybridized carbons (Fsp3) is 0.343. The summed E-state index contributed by atoms with van der Waals surface area (Å²) in [5.74, 6) is 2.09. The summed E-state index contributed by atoms with van der Waals surface area (Å²) in [5, 5.41) is 2.44. The van der Waals surface area contributed by atoms with Crippen molar-refractivity contribution in [3.8, 4) is 11.4 Å². The van der Waals surface area contributed by atoms with Crippen LogP contribution in [0.2, 0.25) is 0 Å². The highest BCUT2D eigenvalue weighted by Crippen LogP contribution is 2.46. The van der Waals surface area contributed by atoms with Crippen LogP contribution in [0.5, 0.6) is 5.75 Å². The number of hydrogen-bond acceptors (Lipinski definition) is 4. The van der Waals surface area contributed by atoms with E-state index in [-0.39, 0.29) is 0 Å². The standard InChI is InChI=1S/C35H44N4OS/c1-7-8-21-37(22-14-23-39(3,4)5)34-24-27(25-35-36(2)31-17-12-13-18-33(31)41-35)30-20-19-29(40-6)26-32(30)38(34)28-15-10-9-11-16-28/h9-13,15-20,24-26H,7-8,14,21-23H2,1-6H3/q+2. The number of rotatable bonds is 11. The van der Waals surface area contributed by atoms with Gasteiger partial charge in [0.15, 0.2) is 0 Å². The topological polar surface area (TPSA) is 19.6 Å². The Balaban J connectivity index is 1.72. The molecule has 0 saturated heterocycles. The maximum absolute atomic E-state index is 5.76. The van der Waals surface area contributed by atoms with Gasteiger partial charge >= 0.3 is 0 Å². The van der Waals surface area contributed by atoms with Crippen molar-refractivity contribution in [1.82, 2.24) is 0 Å². The zero-order chi connectivity index (χ0) is 29.0. The van der Waals surface area contributed by atoms with Gasteiger partial charge in [0.25, 0.3) is 5.82 Å². The molecule has 0 unspecified atom stereocenters. The number of hydrogen-bond donors (Lipinski definition) is 0. The molecule has 0 spiro atoms. The first-order chi connectivity index (χ1) is 19.8. The van der Waals surface area contributed by atoms with Crippen LogP contribution in [0.3, 0.4) is 0 Å². The number of unbranched alkanes of at least 4 members (excludes halogenated alkanes) is 1. The van der Waals surface area contributed by atoms with Crippen LogP contribution in [0, 0.1) is 0 Å². The van der Waals surface area contributed by atoms with Gasteiger partial charge in [-0.1, -0.05) is 55.4 Å². The van der Waals surface area contributed by atoms with Gasteiger partial charge < -0.3 is 14.1 Å². The Morgan fingerprint density at radius 3 is 2.37 bits per heavy atom. The molecule has 0 N–H and O–H groups in total. The van der Waals surface area contributed by atoms with E-state index >= 15 is 0 Å². The number of pyridine rings is 1. The van der Waals surface area contributed by atoms with Crippen molar-refractivity contribution in [2.75, 3.05) is 64.7 Å². The highest BCUT2D eigenvalue weighted by molar-refractivity contribution is 8.03. The Bertz CT molecular complexity index is 1530. The zero-order valence-corrected chi connectivity index (χ0v) is 26.2. The van der Waals surface area contributed by atoms with Crippen molar-refractivity contribution in [2.24, 2.45) is 0 Å². The van der Waals surface area contributed by atoms with Gasteiger partial charge in [-0.3, -0.25) is 4.90 Å². The third-order valence-electron chi connectivity index (χ3n) is 7.70. The predicted octanol–water partition coefficient (Wildman–Crippen LogP) is 7.37. The lowest BCUT2D eigenvalue weighted by Crippen LogP contribution is -2.43. The molecule has 0 saturated carbocycles. The molecule has 0 aliphatic carbocycles. The largest absolute Gasteiger partial charge is 0.497 e.